The van der Waals surface area contributed by atoms with Gasteiger partial charge in [-0.15, -0.1) is 0 Å². The van der Waals surface area contributed by atoms with Crippen LogP contribution < -0.4 is 0 Å². The molecule has 0 saturated heterocycles. The van der Waals surface area contributed by atoms with Gasteiger partial charge in [-0.2, -0.15) is 0 Å². The molecule has 0 aliphatic rings. The van der Waals surface area contributed by atoms with Crippen LogP contribution in [0.1, 0.15) is 395 Å². The Morgan fingerprint density at radius 2 is 0.537 bits per heavy atom. The first-order valence-corrected chi connectivity index (χ1v) is 42.5. The third-order valence-corrected chi connectivity index (χ3v) is 20.0. The number of phosphoric acid groups is 2. The van der Waals surface area contributed by atoms with E-state index in [2.05, 4.69) is 41.5 Å². The number of carbonyl (C=O) groups excluding carboxylic acids is 4. The number of unbranched alkanes of at least 4 members (excludes halogenated alkanes) is 44. The minimum Gasteiger partial charge on any atom is -0.462 e. The van der Waals surface area contributed by atoms with Crippen LogP contribution >= 0.6 is 15.6 Å². The fourth-order valence-electron chi connectivity index (χ4n) is 11.6. The molecule has 0 aromatic rings. The molecular formula is C76H148O17P2. The summed E-state index contributed by atoms with van der Waals surface area (Å²) in [5.41, 5.74) is 0. The summed E-state index contributed by atoms with van der Waals surface area (Å²) in [6.45, 7) is 9.59. The van der Waals surface area contributed by atoms with Gasteiger partial charge in [-0.25, -0.2) is 9.13 Å². The molecule has 95 heavy (non-hydrogen) atoms. The molecule has 0 aliphatic carbocycles. The zero-order chi connectivity index (χ0) is 70.0. The van der Waals surface area contributed by atoms with Crippen molar-refractivity contribution in [3.63, 3.8) is 0 Å². The molecule has 0 rings (SSSR count). The van der Waals surface area contributed by atoms with Crippen LogP contribution in [0.25, 0.3) is 0 Å². The molecule has 17 nitrogen and oxygen atoms in total. The summed E-state index contributed by atoms with van der Waals surface area (Å²) >= 11 is 0. The maximum Gasteiger partial charge on any atom is 0.472 e. The van der Waals surface area contributed by atoms with Crippen molar-refractivity contribution in [2.24, 2.45) is 11.8 Å². The molecule has 0 spiro atoms. The van der Waals surface area contributed by atoms with E-state index in [1.807, 2.05) is 0 Å². The fourth-order valence-corrected chi connectivity index (χ4v) is 13.2. The first-order chi connectivity index (χ1) is 45.9. The molecule has 0 bridgehead atoms. The zero-order valence-corrected chi connectivity index (χ0v) is 63.8. The molecule has 6 atom stereocenters. The van der Waals surface area contributed by atoms with Crippen molar-refractivity contribution in [1.82, 2.24) is 0 Å². The lowest BCUT2D eigenvalue weighted by atomic mass is 10.00. The highest BCUT2D eigenvalue weighted by atomic mass is 31.2. The monoisotopic (exact) mass is 1400 g/mol. The van der Waals surface area contributed by atoms with Crippen molar-refractivity contribution >= 4 is 39.5 Å². The summed E-state index contributed by atoms with van der Waals surface area (Å²) in [5, 5.41) is 10.6. The molecule has 3 N–H and O–H groups in total. The van der Waals surface area contributed by atoms with E-state index in [1.54, 1.807) is 0 Å². The third kappa shape index (κ3) is 69.0. The van der Waals surface area contributed by atoms with E-state index >= 15 is 0 Å². The molecule has 564 valence electrons. The maximum atomic E-state index is 13.1. The lowest BCUT2D eigenvalue weighted by Gasteiger charge is -2.21. The Bertz CT molecular complexity index is 1840. The van der Waals surface area contributed by atoms with Gasteiger partial charge in [-0.1, -0.05) is 343 Å². The molecule has 19 heteroatoms. The molecular weight excluding hydrogens is 1250 g/mol. The molecule has 0 aliphatic heterocycles. The predicted octanol–water partition coefficient (Wildman–Crippen LogP) is 22.3. The second-order valence-corrected chi connectivity index (χ2v) is 31.0. The van der Waals surface area contributed by atoms with E-state index in [9.17, 15) is 43.2 Å². The largest absolute Gasteiger partial charge is 0.472 e. The number of rotatable bonds is 75. The third-order valence-electron chi connectivity index (χ3n) is 18.1. The molecule has 0 amide bonds. The van der Waals surface area contributed by atoms with Crippen LogP contribution in [0.5, 0.6) is 0 Å². The lowest BCUT2D eigenvalue weighted by molar-refractivity contribution is -0.161. The number of aliphatic hydroxyl groups is 1. The second-order valence-electron chi connectivity index (χ2n) is 28.1. The van der Waals surface area contributed by atoms with Crippen molar-refractivity contribution in [1.29, 1.82) is 0 Å². The molecule has 0 radical (unpaired) electrons. The lowest BCUT2D eigenvalue weighted by Crippen LogP contribution is -2.30. The Labute approximate surface area is 581 Å². The van der Waals surface area contributed by atoms with Crippen LogP contribution in [0, 0.1) is 11.8 Å². The summed E-state index contributed by atoms with van der Waals surface area (Å²) in [5.74, 6) is -0.588. The standard InChI is InChI=1S/C76H148O17P2/c1-7-10-12-14-16-18-20-22-27-31-35-39-46-52-58-73(78)86-64-71(92-75(80)61-55-49-41-37-33-29-25-24-26-30-34-38-44-50-56-68(4)5)66-90-94(82,83)88-62-70(77)63-89-95(84,85)91-67-72(65-87-74(79)59-53-47-43-42-45-51-57-69(6)9-3)93-76(81)60-54-48-40-36-32-28-23-21-19-17-15-13-11-8-2/h68-72,77H,7-67H2,1-6H3,(H,82,83)(H,84,85)/t69?,70-,71-,72-/m1/s1. The van der Waals surface area contributed by atoms with Gasteiger partial charge < -0.3 is 33.8 Å². The van der Waals surface area contributed by atoms with E-state index in [0.717, 1.165) is 108 Å². The number of hydrogen-bond donors (Lipinski definition) is 3. The Morgan fingerprint density at radius 1 is 0.305 bits per heavy atom. The number of phosphoric ester groups is 2. The van der Waals surface area contributed by atoms with Crippen LogP contribution in [0.15, 0.2) is 0 Å². The van der Waals surface area contributed by atoms with Crippen LogP contribution in [-0.2, 0) is 65.4 Å². The molecule has 0 heterocycles. The first-order valence-electron chi connectivity index (χ1n) is 39.5. The van der Waals surface area contributed by atoms with Gasteiger partial charge >= 0.3 is 39.5 Å². The van der Waals surface area contributed by atoms with Crippen molar-refractivity contribution in [2.45, 2.75) is 413 Å². The van der Waals surface area contributed by atoms with Crippen LogP contribution in [0.2, 0.25) is 0 Å². The smallest absolute Gasteiger partial charge is 0.462 e. The second kappa shape index (κ2) is 67.9. The summed E-state index contributed by atoms with van der Waals surface area (Å²) in [4.78, 5) is 72.8. The quantitative estimate of drug-likeness (QED) is 0.0222. The Balaban J connectivity index is 5.25. The SMILES string of the molecule is CCCCCCCCCCCCCCCCC(=O)OC[C@H](COP(=O)(O)OC[C@@H](O)COP(=O)(O)OC[C@@H](COC(=O)CCCCCCCCC(C)CC)OC(=O)CCCCCCCCCCCCCCCC)OC(=O)CCCCCCCCCCCCCCCCC(C)C. The predicted molar refractivity (Wildman–Crippen MR) is 386 cm³/mol. The Hall–Kier alpha value is -1.94. The average molecular weight is 1400 g/mol. The van der Waals surface area contributed by atoms with E-state index in [0.29, 0.717) is 25.7 Å². The van der Waals surface area contributed by atoms with Gasteiger partial charge in [0.15, 0.2) is 12.2 Å². The van der Waals surface area contributed by atoms with Crippen molar-refractivity contribution in [3.8, 4) is 0 Å². The topological polar surface area (TPSA) is 237 Å². The minimum absolute atomic E-state index is 0.107. The Kier molecular flexibility index (Phi) is 66.5. The molecule has 0 aromatic heterocycles. The van der Waals surface area contributed by atoms with E-state index in [4.69, 9.17) is 37.0 Å². The first kappa shape index (κ1) is 93.1. The summed E-state index contributed by atoms with van der Waals surface area (Å²) < 4.78 is 68.5. The maximum absolute atomic E-state index is 13.1. The van der Waals surface area contributed by atoms with Crippen molar-refractivity contribution < 1.29 is 80.2 Å². The van der Waals surface area contributed by atoms with Crippen LogP contribution in [0.4, 0.5) is 0 Å². The van der Waals surface area contributed by atoms with E-state index in [-0.39, 0.29) is 25.7 Å². The number of esters is 4. The number of aliphatic hydroxyl groups excluding tert-OH is 1. The van der Waals surface area contributed by atoms with Crippen molar-refractivity contribution in [2.75, 3.05) is 39.6 Å². The highest BCUT2D eigenvalue weighted by Gasteiger charge is 2.30. The van der Waals surface area contributed by atoms with Gasteiger partial charge in [0.1, 0.15) is 19.3 Å². The van der Waals surface area contributed by atoms with Crippen LogP contribution in [0.3, 0.4) is 0 Å². The van der Waals surface area contributed by atoms with Gasteiger partial charge in [0.05, 0.1) is 26.4 Å². The highest BCUT2D eigenvalue weighted by Crippen LogP contribution is 2.45. The molecule has 0 saturated carbocycles. The minimum atomic E-state index is -4.96. The van der Waals surface area contributed by atoms with E-state index in [1.165, 1.54) is 205 Å². The van der Waals surface area contributed by atoms with E-state index < -0.39 is 97.5 Å². The van der Waals surface area contributed by atoms with Crippen molar-refractivity contribution in [3.05, 3.63) is 0 Å². The molecule has 3 unspecified atom stereocenters. The van der Waals surface area contributed by atoms with Gasteiger partial charge in [-0.3, -0.25) is 37.3 Å². The fraction of sp³-hybridized carbons (Fsp3) is 0.947. The highest BCUT2D eigenvalue weighted by molar-refractivity contribution is 7.47. The summed E-state index contributed by atoms with van der Waals surface area (Å²) in [7, 11) is -9.91. The number of carbonyl (C=O) groups is 4. The number of hydrogen-bond acceptors (Lipinski definition) is 15. The number of ether oxygens (including phenoxy) is 4. The average Bonchev–Trinajstić information content (AvgIpc) is 2.14. The van der Waals surface area contributed by atoms with Gasteiger partial charge in [0.25, 0.3) is 0 Å². The van der Waals surface area contributed by atoms with Gasteiger partial charge in [-0.05, 0) is 37.5 Å². The normalized spacial score (nSPS) is 14.3. The van der Waals surface area contributed by atoms with Crippen LogP contribution in [-0.4, -0.2) is 96.7 Å². The summed E-state index contributed by atoms with van der Waals surface area (Å²) in [6.07, 6.45) is 55.4. The molecule has 0 aromatic carbocycles. The molecule has 0 fully saturated rings. The Morgan fingerprint density at radius 3 is 0.800 bits per heavy atom. The van der Waals surface area contributed by atoms with Gasteiger partial charge in [0.2, 0.25) is 0 Å². The van der Waals surface area contributed by atoms with Gasteiger partial charge in [0, 0.05) is 25.7 Å². The zero-order valence-electron chi connectivity index (χ0n) is 62.0. The summed E-state index contributed by atoms with van der Waals surface area (Å²) in [6, 6.07) is 0.